The number of benzene rings is 1. The SMILES string of the molecule is CCc1nnc(C)cc1C(=O)Nc1ccc(O)cc1C. The van der Waals surface area contributed by atoms with Crippen LogP contribution in [0.2, 0.25) is 0 Å². The Labute approximate surface area is 117 Å². The van der Waals surface area contributed by atoms with E-state index in [9.17, 15) is 9.90 Å². The Morgan fingerprint density at radius 3 is 2.65 bits per heavy atom. The van der Waals surface area contributed by atoms with E-state index >= 15 is 0 Å². The van der Waals surface area contributed by atoms with Crippen molar-refractivity contribution in [3.05, 3.63) is 46.8 Å². The number of phenols is 1. The summed E-state index contributed by atoms with van der Waals surface area (Å²) in [6.07, 6.45) is 0.643. The molecule has 0 unspecified atom stereocenters. The molecule has 2 aromatic rings. The first kappa shape index (κ1) is 14.0. The number of amides is 1. The third kappa shape index (κ3) is 2.93. The molecule has 0 saturated carbocycles. The molecule has 1 heterocycles. The fourth-order valence-electron chi connectivity index (χ4n) is 1.95. The number of phenolic OH excluding ortho intramolecular Hbond substituents is 1. The highest BCUT2D eigenvalue weighted by molar-refractivity contribution is 6.05. The van der Waals surface area contributed by atoms with Gasteiger partial charge in [0, 0.05) is 5.69 Å². The predicted molar refractivity (Wildman–Crippen MR) is 76.9 cm³/mol. The number of anilines is 1. The molecule has 0 bridgehead atoms. The smallest absolute Gasteiger partial charge is 0.257 e. The maximum absolute atomic E-state index is 12.3. The number of nitrogens with one attached hydrogen (secondary N) is 1. The van der Waals surface area contributed by atoms with Gasteiger partial charge in [0.05, 0.1) is 17.0 Å². The topological polar surface area (TPSA) is 75.1 Å². The van der Waals surface area contributed by atoms with Gasteiger partial charge in [-0.2, -0.15) is 10.2 Å². The van der Waals surface area contributed by atoms with Crippen molar-refractivity contribution in [1.29, 1.82) is 0 Å². The number of nitrogens with zero attached hydrogens (tertiary/aromatic N) is 2. The average Bonchev–Trinajstić information content (AvgIpc) is 2.41. The van der Waals surface area contributed by atoms with Crippen molar-refractivity contribution in [2.75, 3.05) is 5.32 Å². The van der Waals surface area contributed by atoms with Crippen LogP contribution in [-0.2, 0) is 6.42 Å². The summed E-state index contributed by atoms with van der Waals surface area (Å²) in [6.45, 7) is 5.56. The molecule has 5 heteroatoms. The minimum absolute atomic E-state index is 0.177. The summed E-state index contributed by atoms with van der Waals surface area (Å²) in [5.41, 5.74) is 3.38. The van der Waals surface area contributed by atoms with E-state index in [1.165, 1.54) is 0 Å². The fourth-order valence-corrected chi connectivity index (χ4v) is 1.95. The lowest BCUT2D eigenvalue weighted by molar-refractivity contribution is 0.102. The molecule has 0 spiro atoms. The minimum Gasteiger partial charge on any atom is -0.508 e. The van der Waals surface area contributed by atoms with Crippen LogP contribution in [0.15, 0.2) is 24.3 Å². The molecule has 20 heavy (non-hydrogen) atoms. The zero-order valence-electron chi connectivity index (χ0n) is 11.8. The van der Waals surface area contributed by atoms with Gasteiger partial charge in [-0.3, -0.25) is 4.79 Å². The van der Waals surface area contributed by atoms with Gasteiger partial charge < -0.3 is 10.4 Å². The van der Waals surface area contributed by atoms with Crippen LogP contribution < -0.4 is 5.32 Å². The molecule has 2 N–H and O–H groups in total. The molecule has 104 valence electrons. The van der Waals surface area contributed by atoms with Gasteiger partial charge in [-0.25, -0.2) is 0 Å². The zero-order valence-corrected chi connectivity index (χ0v) is 11.8. The number of rotatable bonds is 3. The van der Waals surface area contributed by atoms with Gasteiger partial charge >= 0.3 is 0 Å². The van der Waals surface area contributed by atoms with Crippen LogP contribution in [0.5, 0.6) is 5.75 Å². The molecule has 0 saturated heterocycles. The highest BCUT2D eigenvalue weighted by Crippen LogP contribution is 2.21. The number of aryl methyl sites for hydroxylation is 3. The number of hydrogen-bond acceptors (Lipinski definition) is 4. The molecule has 0 aliphatic heterocycles. The van der Waals surface area contributed by atoms with Crippen LogP contribution in [0, 0.1) is 13.8 Å². The van der Waals surface area contributed by atoms with Gasteiger partial charge in [0.1, 0.15) is 5.75 Å². The first-order valence-corrected chi connectivity index (χ1v) is 6.45. The van der Waals surface area contributed by atoms with Crippen LogP contribution in [0.3, 0.4) is 0 Å². The molecule has 1 aromatic heterocycles. The van der Waals surface area contributed by atoms with Crippen LogP contribution in [0.4, 0.5) is 5.69 Å². The summed E-state index contributed by atoms with van der Waals surface area (Å²) in [5.74, 6) is -0.0372. The summed E-state index contributed by atoms with van der Waals surface area (Å²) in [7, 11) is 0. The van der Waals surface area contributed by atoms with Crippen molar-refractivity contribution < 1.29 is 9.90 Å². The molecule has 0 aliphatic rings. The maximum Gasteiger partial charge on any atom is 0.257 e. The first-order valence-electron chi connectivity index (χ1n) is 6.45. The lowest BCUT2D eigenvalue weighted by Crippen LogP contribution is -2.16. The van der Waals surface area contributed by atoms with Crippen LogP contribution >= 0.6 is 0 Å². The number of aromatic hydroxyl groups is 1. The average molecular weight is 271 g/mol. The number of aromatic nitrogens is 2. The lowest BCUT2D eigenvalue weighted by Gasteiger charge is -2.10. The Balaban J connectivity index is 2.30. The Bertz CT molecular complexity index is 654. The molecule has 0 fully saturated rings. The minimum atomic E-state index is -0.214. The summed E-state index contributed by atoms with van der Waals surface area (Å²) < 4.78 is 0. The van der Waals surface area contributed by atoms with E-state index < -0.39 is 0 Å². The normalized spacial score (nSPS) is 10.3. The summed E-state index contributed by atoms with van der Waals surface area (Å²) in [6, 6.07) is 6.55. The number of carbonyl (C=O) groups excluding carboxylic acids is 1. The Hall–Kier alpha value is -2.43. The highest BCUT2D eigenvalue weighted by atomic mass is 16.3. The largest absolute Gasteiger partial charge is 0.508 e. The van der Waals surface area contributed by atoms with Crippen molar-refractivity contribution in [1.82, 2.24) is 10.2 Å². The quantitative estimate of drug-likeness (QED) is 0.841. The molecule has 0 atom stereocenters. The van der Waals surface area contributed by atoms with Crippen LogP contribution in [0.25, 0.3) is 0 Å². The molecule has 2 rings (SSSR count). The predicted octanol–water partition coefficient (Wildman–Crippen LogP) is 2.61. The third-order valence-corrected chi connectivity index (χ3v) is 3.03. The van der Waals surface area contributed by atoms with Gasteiger partial charge in [-0.15, -0.1) is 0 Å². The van der Waals surface area contributed by atoms with Gasteiger partial charge in [0.25, 0.3) is 5.91 Å². The van der Waals surface area contributed by atoms with E-state index in [0.29, 0.717) is 29.1 Å². The van der Waals surface area contributed by atoms with Gasteiger partial charge in [-0.1, -0.05) is 6.92 Å². The van der Waals surface area contributed by atoms with Crippen molar-refractivity contribution in [3.63, 3.8) is 0 Å². The van der Waals surface area contributed by atoms with E-state index in [-0.39, 0.29) is 11.7 Å². The monoisotopic (exact) mass is 271 g/mol. The summed E-state index contributed by atoms with van der Waals surface area (Å²) in [4.78, 5) is 12.3. The molecule has 0 aliphatic carbocycles. The highest BCUT2D eigenvalue weighted by Gasteiger charge is 2.14. The van der Waals surface area contributed by atoms with Crippen molar-refractivity contribution in [2.45, 2.75) is 27.2 Å². The molecule has 5 nitrogen and oxygen atoms in total. The molecule has 1 amide bonds. The van der Waals surface area contributed by atoms with Crippen LogP contribution in [0.1, 0.15) is 34.2 Å². The van der Waals surface area contributed by atoms with Crippen molar-refractivity contribution in [2.24, 2.45) is 0 Å². The van der Waals surface area contributed by atoms with Crippen molar-refractivity contribution >= 4 is 11.6 Å². The van der Waals surface area contributed by atoms with E-state index in [2.05, 4.69) is 15.5 Å². The van der Waals surface area contributed by atoms with E-state index in [1.807, 2.05) is 13.8 Å². The molecule has 1 aromatic carbocycles. The van der Waals surface area contributed by atoms with Crippen LogP contribution in [-0.4, -0.2) is 21.2 Å². The molecule has 0 radical (unpaired) electrons. The van der Waals surface area contributed by atoms with E-state index in [1.54, 1.807) is 31.2 Å². The van der Waals surface area contributed by atoms with E-state index in [0.717, 1.165) is 5.56 Å². The standard InChI is InChI=1S/C15H17N3O2/c1-4-13-12(8-10(3)17-18-13)15(20)16-14-6-5-11(19)7-9(14)2/h5-8,19H,4H2,1-3H3,(H,16,20). The summed E-state index contributed by atoms with van der Waals surface area (Å²) >= 11 is 0. The Morgan fingerprint density at radius 1 is 1.25 bits per heavy atom. The number of carbonyl (C=O) groups is 1. The van der Waals surface area contributed by atoms with E-state index in [4.69, 9.17) is 0 Å². The van der Waals surface area contributed by atoms with Gasteiger partial charge in [0.2, 0.25) is 0 Å². The summed E-state index contributed by atoms with van der Waals surface area (Å²) in [5, 5.41) is 20.2. The second-order valence-electron chi connectivity index (χ2n) is 4.65. The third-order valence-electron chi connectivity index (χ3n) is 3.03. The van der Waals surface area contributed by atoms with Gasteiger partial charge in [0.15, 0.2) is 0 Å². The fraction of sp³-hybridized carbons (Fsp3) is 0.267. The number of hydrogen-bond donors (Lipinski definition) is 2. The molecular weight excluding hydrogens is 254 g/mol. The second-order valence-corrected chi connectivity index (χ2v) is 4.65. The Kier molecular flexibility index (Phi) is 3.98. The van der Waals surface area contributed by atoms with Crippen molar-refractivity contribution in [3.8, 4) is 5.75 Å². The first-order chi connectivity index (χ1) is 9.51. The second kappa shape index (κ2) is 5.69. The van der Waals surface area contributed by atoms with Gasteiger partial charge in [-0.05, 0) is 50.1 Å². The zero-order chi connectivity index (χ0) is 14.7. The maximum atomic E-state index is 12.3. The Morgan fingerprint density at radius 2 is 2.00 bits per heavy atom. The lowest BCUT2D eigenvalue weighted by atomic mass is 10.1. The molecular formula is C15H17N3O2.